The maximum atomic E-state index is 13.1. The molecule has 4 aliphatic heterocycles. The summed E-state index contributed by atoms with van der Waals surface area (Å²) in [6.07, 6.45) is 8.70. The van der Waals surface area contributed by atoms with Crippen LogP contribution in [0.2, 0.25) is 0 Å². The van der Waals surface area contributed by atoms with Crippen molar-refractivity contribution in [2.75, 3.05) is 13.1 Å². The number of rotatable bonds is 7. The number of nitrogens with two attached hydrogens (primary N) is 1. The number of allylic oxidation sites excluding steroid dienone is 2. The van der Waals surface area contributed by atoms with Gasteiger partial charge in [-0.25, -0.2) is 4.98 Å². The van der Waals surface area contributed by atoms with Crippen LogP contribution in [-0.2, 0) is 21.1 Å². The van der Waals surface area contributed by atoms with Gasteiger partial charge in [0.1, 0.15) is 17.7 Å². The number of amides is 2. The van der Waals surface area contributed by atoms with E-state index in [-0.39, 0.29) is 41.9 Å². The van der Waals surface area contributed by atoms with Crippen LogP contribution >= 0.6 is 0 Å². The van der Waals surface area contributed by atoms with E-state index in [9.17, 15) is 14.7 Å². The van der Waals surface area contributed by atoms with Gasteiger partial charge in [-0.1, -0.05) is 19.9 Å². The summed E-state index contributed by atoms with van der Waals surface area (Å²) >= 11 is 0. The van der Waals surface area contributed by atoms with Crippen LogP contribution in [0.1, 0.15) is 83.3 Å². The van der Waals surface area contributed by atoms with Crippen molar-refractivity contribution in [3.63, 3.8) is 0 Å². The molecule has 0 spiro atoms. The van der Waals surface area contributed by atoms with Crippen molar-refractivity contribution in [3.05, 3.63) is 47.7 Å². The quantitative estimate of drug-likeness (QED) is 0.340. The van der Waals surface area contributed by atoms with E-state index in [1.807, 2.05) is 31.2 Å². The number of aliphatic imine (C=N–C) groups is 2. The second-order valence-corrected chi connectivity index (χ2v) is 14.7. The third-order valence-electron chi connectivity index (χ3n) is 11.2. The lowest BCUT2D eigenvalue weighted by Gasteiger charge is -2.31. The first-order valence-corrected chi connectivity index (χ1v) is 17.9. The number of aliphatic hydroxyl groups is 1. The summed E-state index contributed by atoms with van der Waals surface area (Å²) in [6, 6.07) is 8.03. The summed E-state index contributed by atoms with van der Waals surface area (Å²) in [7, 11) is 0. The maximum absolute atomic E-state index is 13.1. The highest BCUT2D eigenvalue weighted by Crippen LogP contribution is 2.43. The molecule has 0 saturated carbocycles. The van der Waals surface area contributed by atoms with Crippen molar-refractivity contribution < 1.29 is 19.4 Å². The van der Waals surface area contributed by atoms with Crippen molar-refractivity contribution in [3.8, 4) is 11.3 Å². The molecular weight excluding hydrogens is 620 g/mol. The number of fused-ring (bicyclic) bond motifs is 4. The lowest BCUT2D eigenvalue weighted by molar-refractivity contribution is -0.140. The van der Waals surface area contributed by atoms with E-state index >= 15 is 0 Å². The van der Waals surface area contributed by atoms with Gasteiger partial charge in [-0.15, -0.1) is 0 Å². The number of H-pyrrole nitrogens is 1. The zero-order valence-corrected chi connectivity index (χ0v) is 28.5. The second kappa shape index (κ2) is 12.5. The molecule has 2 aromatic heterocycles. The Labute approximate surface area is 286 Å². The molecule has 0 bridgehead atoms. The molecule has 3 aromatic rings. The normalized spacial score (nSPS) is 26.3. The van der Waals surface area contributed by atoms with Crippen molar-refractivity contribution in [2.24, 2.45) is 27.6 Å². The van der Waals surface area contributed by atoms with E-state index in [4.69, 9.17) is 20.5 Å². The first-order chi connectivity index (χ1) is 23.7. The number of aromatic amines is 1. The van der Waals surface area contributed by atoms with Gasteiger partial charge in [0.2, 0.25) is 5.91 Å². The van der Waals surface area contributed by atoms with Gasteiger partial charge in [0.05, 0.1) is 46.9 Å². The number of aromatic nitrogens is 3. The molecule has 4 N–H and O–H groups in total. The highest BCUT2D eigenvalue weighted by Gasteiger charge is 2.40. The monoisotopic (exact) mass is 666 g/mol. The van der Waals surface area contributed by atoms with E-state index < -0.39 is 12.1 Å². The third-order valence-corrected chi connectivity index (χ3v) is 11.2. The Hall–Kier alpha value is -4.29. The average molecular weight is 667 g/mol. The molecule has 2 fully saturated rings. The molecule has 2 amide bonds. The maximum Gasteiger partial charge on any atom is 0.251 e. The van der Waals surface area contributed by atoms with Gasteiger partial charge in [-0.05, 0) is 69.6 Å². The first-order valence-electron chi connectivity index (χ1n) is 17.9. The predicted octanol–water partition coefficient (Wildman–Crippen LogP) is 4.40. The summed E-state index contributed by atoms with van der Waals surface area (Å²) in [5.74, 6) is 1.88. The molecule has 1 aliphatic carbocycles. The number of hydrogen-bond donors (Lipinski definition) is 3. The van der Waals surface area contributed by atoms with Crippen LogP contribution in [0.4, 0.5) is 0 Å². The van der Waals surface area contributed by atoms with Crippen LogP contribution in [0, 0.1) is 11.8 Å². The zero-order chi connectivity index (χ0) is 34.0. The summed E-state index contributed by atoms with van der Waals surface area (Å²) in [4.78, 5) is 47.3. The molecular formula is C37H46N8O4. The third kappa shape index (κ3) is 5.58. The van der Waals surface area contributed by atoms with Crippen molar-refractivity contribution >= 4 is 40.2 Å². The Kier molecular flexibility index (Phi) is 8.18. The molecule has 49 heavy (non-hydrogen) atoms. The fraction of sp³-hybridized carbons (Fsp3) is 0.541. The Morgan fingerprint density at radius 2 is 1.88 bits per heavy atom. The molecule has 8 rings (SSSR count). The van der Waals surface area contributed by atoms with E-state index in [1.165, 1.54) is 18.2 Å². The number of benzene rings is 1. The number of nitrogens with zero attached hydrogens (tertiary/aromatic N) is 6. The first kappa shape index (κ1) is 31.9. The Balaban J connectivity index is 0.985. The Morgan fingerprint density at radius 1 is 1.06 bits per heavy atom. The van der Waals surface area contributed by atoms with Crippen molar-refractivity contribution in [2.45, 2.75) is 103 Å². The number of carbonyl (C=O) groups is 2. The second-order valence-electron chi connectivity index (χ2n) is 14.7. The largest absolute Gasteiger partial charge is 0.477 e. The number of aliphatic hydroxyl groups excluding tert-OH is 1. The predicted molar refractivity (Wildman–Crippen MR) is 187 cm³/mol. The smallest absolute Gasteiger partial charge is 0.251 e. The Morgan fingerprint density at radius 3 is 2.69 bits per heavy atom. The van der Waals surface area contributed by atoms with Gasteiger partial charge >= 0.3 is 0 Å². The fourth-order valence-corrected chi connectivity index (χ4v) is 8.37. The topological polar surface area (TPSA) is 154 Å². The Bertz CT molecular complexity index is 1890. The van der Waals surface area contributed by atoms with E-state index in [2.05, 4.69) is 38.8 Å². The lowest BCUT2D eigenvalue weighted by Crippen LogP contribution is -2.50. The van der Waals surface area contributed by atoms with E-state index in [0.717, 1.165) is 90.9 Å². The van der Waals surface area contributed by atoms with Gasteiger partial charge in [-0.2, -0.15) is 0 Å². The van der Waals surface area contributed by atoms with Crippen molar-refractivity contribution in [1.82, 2.24) is 24.3 Å². The van der Waals surface area contributed by atoms with Crippen LogP contribution in [0.5, 0.6) is 0 Å². The number of imidazole rings is 1. The number of ether oxygens (including phenoxy) is 1. The minimum Gasteiger partial charge on any atom is -0.477 e. The van der Waals surface area contributed by atoms with Gasteiger partial charge < -0.3 is 34.9 Å². The highest BCUT2D eigenvalue weighted by molar-refractivity contribution is 6.33. The molecule has 5 aliphatic rings. The number of nitrogens with one attached hydrogen (secondary N) is 1. The van der Waals surface area contributed by atoms with Crippen LogP contribution < -0.4 is 5.73 Å². The fourth-order valence-electron chi connectivity index (χ4n) is 8.37. The number of carbonyl (C=O) groups excluding carboxylic acids is 2. The molecule has 258 valence electrons. The summed E-state index contributed by atoms with van der Waals surface area (Å²) in [5.41, 5.74) is 12.8. The SMILES string of the molecule is CC(O)C(=O)N1CCCC1c1ncc(-c2ccc3c(c2)cc2n3COC3=C2CCC(C2=NC(C4CCCN4C(=O)C(N)C(C)C)N=C2)C3)[nH]1. The molecule has 0 radical (unpaired) electrons. The minimum atomic E-state index is -1.02. The van der Waals surface area contributed by atoms with E-state index in [1.54, 1.807) is 4.90 Å². The molecule has 12 nitrogen and oxygen atoms in total. The van der Waals surface area contributed by atoms with Crippen LogP contribution in [-0.4, -0.2) is 90.6 Å². The van der Waals surface area contributed by atoms with Gasteiger partial charge in [0, 0.05) is 48.2 Å². The molecule has 6 unspecified atom stereocenters. The van der Waals surface area contributed by atoms with Gasteiger partial charge in [0.15, 0.2) is 12.9 Å². The standard InChI is InChI=1S/C37H46N8O4/c1-20(2)33(38)37(48)44-13-5-7-30(44)35-40-18-27(42-35)23-8-10-25-31-15-24-14-22(9-11-28(24)45(31)19-49-32(25)16-23)26-17-39-34(41-26)29-6-4-12-43(29)36(47)21(3)46/h9,11,14-15,17-18,20-21,23,29-30,33,35,46H,4-8,10,12-13,16,19,38H2,1-3H3,(H,39,41). The molecule has 1 aromatic carbocycles. The van der Waals surface area contributed by atoms with E-state index in [0.29, 0.717) is 13.3 Å². The molecule has 12 heteroatoms. The summed E-state index contributed by atoms with van der Waals surface area (Å²) in [5, 5.41) is 11.0. The lowest BCUT2D eigenvalue weighted by atomic mass is 9.84. The zero-order valence-electron chi connectivity index (χ0n) is 28.5. The number of hydrogen-bond acceptors (Lipinski definition) is 8. The summed E-state index contributed by atoms with van der Waals surface area (Å²) in [6.45, 7) is 7.31. The number of likely N-dealkylation sites (tertiary alicyclic amines) is 2. The van der Waals surface area contributed by atoms with Crippen molar-refractivity contribution in [1.29, 1.82) is 0 Å². The summed E-state index contributed by atoms with van der Waals surface area (Å²) < 4.78 is 8.68. The molecule has 2 saturated heterocycles. The van der Waals surface area contributed by atoms with Gasteiger partial charge in [0.25, 0.3) is 5.91 Å². The highest BCUT2D eigenvalue weighted by atomic mass is 16.5. The van der Waals surface area contributed by atoms with Crippen LogP contribution in [0.25, 0.3) is 27.7 Å². The molecule has 6 heterocycles. The van der Waals surface area contributed by atoms with Crippen LogP contribution in [0.15, 0.2) is 46.2 Å². The minimum absolute atomic E-state index is 0.0123. The average Bonchev–Trinajstić information content (AvgIpc) is 3.94. The van der Waals surface area contributed by atoms with Gasteiger partial charge in [-0.3, -0.25) is 19.6 Å². The van der Waals surface area contributed by atoms with Crippen LogP contribution in [0.3, 0.4) is 0 Å². The molecule has 6 atom stereocenters.